The van der Waals surface area contributed by atoms with Crippen molar-refractivity contribution < 1.29 is 4.92 Å². The molecule has 1 aliphatic rings. The number of hydrogen-bond donors (Lipinski definition) is 0. The Morgan fingerprint density at radius 2 is 1.93 bits per heavy atom. The minimum atomic E-state index is -0.492. The van der Waals surface area contributed by atoms with E-state index in [1.54, 1.807) is 6.20 Å². The number of nitro groups is 1. The molecule has 0 spiro atoms. The smallest absolute Gasteiger partial charge is 0.292 e. The number of benzene rings is 1. The van der Waals surface area contributed by atoms with Crippen LogP contribution in [0, 0.1) is 16.0 Å². The molecule has 0 bridgehead atoms. The molecule has 0 atom stereocenters. The quantitative estimate of drug-likeness (QED) is 0.575. The molecule has 8 nitrogen and oxygen atoms in total. The molecule has 0 saturated carbocycles. The lowest BCUT2D eigenvalue weighted by atomic mass is 9.96. The van der Waals surface area contributed by atoms with E-state index in [1.165, 1.54) is 24.3 Å². The number of anilines is 1. The van der Waals surface area contributed by atoms with E-state index in [2.05, 4.69) is 17.0 Å². The molecule has 27 heavy (non-hydrogen) atoms. The number of nitrogens with zero attached hydrogens (tertiary/aromatic N) is 5. The van der Waals surface area contributed by atoms with Gasteiger partial charge in [0.05, 0.1) is 22.5 Å². The van der Waals surface area contributed by atoms with Crippen molar-refractivity contribution >= 4 is 23.0 Å². The third kappa shape index (κ3) is 4.28. The van der Waals surface area contributed by atoms with Crippen LogP contribution in [0.5, 0.6) is 0 Å². The number of aromatic nitrogens is 2. The molecule has 0 N–H and O–H groups in total. The van der Waals surface area contributed by atoms with Gasteiger partial charge in [-0.1, -0.05) is 11.6 Å². The van der Waals surface area contributed by atoms with Crippen molar-refractivity contribution in [3.05, 3.63) is 56.0 Å². The maximum absolute atomic E-state index is 12.6. The number of hydrogen-bond acceptors (Lipinski definition) is 6. The van der Waals surface area contributed by atoms with Crippen molar-refractivity contribution in [3.63, 3.8) is 0 Å². The average Bonchev–Trinajstić information content (AvgIpc) is 2.65. The molecular weight excluding hydrogens is 370 g/mol. The summed E-state index contributed by atoms with van der Waals surface area (Å²) in [5, 5.41) is 15.1. The first-order valence-electron chi connectivity index (χ1n) is 8.79. The normalized spacial score (nSPS) is 15.7. The number of rotatable bonds is 5. The highest BCUT2D eigenvalue weighted by Gasteiger charge is 2.21. The molecule has 0 radical (unpaired) electrons. The summed E-state index contributed by atoms with van der Waals surface area (Å²) in [4.78, 5) is 27.2. The summed E-state index contributed by atoms with van der Waals surface area (Å²) in [6.45, 7) is 2.97. The SMILES string of the molecule is CN1CCC(CN(C)c2cnn(-c3ccc([N+](=O)[O-])cc3)c(=O)c2Cl)CC1. The fourth-order valence-corrected chi connectivity index (χ4v) is 3.59. The molecule has 1 aromatic carbocycles. The molecule has 144 valence electrons. The fourth-order valence-electron chi connectivity index (χ4n) is 3.32. The van der Waals surface area contributed by atoms with Gasteiger partial charge in [-0.25, -0.2) is 0 Å². The molecule has 1 aliphatic heterocycles. The number of nitro benzene ring substituents is 1. The van der Waals surface area contributed by atoms with Gasteiger partial charge in [-0.2, -0.15) is 9.78 Å². The Kier molecular flexibility index (Phi) is 5.76. The Morgan fingerprint density at radius 3 is 2.52 bits per heavy atom. The van der Waals surface area contributed by atoms with Crippen LogP contribution >= 0.6 is 11.6 Å². The fraction of sp³-hybridized carbons (Fsp3) is 0.444. The monoisotopic (exact) mass is 391 g/mol. The third-order valence-electron chi connectivity index (χ3n) is 4.99. The third-order valence-corrected chi connectivity index (χ3v) is 5.34. The van der Waals surface area contributed by atoms with Crippen LogP contribution in [0.1, 0.15) is 12.8 Å². The first-order valence-corrected chi connectivity index (χ1v) is 9.17. The lowest BCUT2D eigenvalue weighted by molar-refractivity contribution is -0.384. The summed E-state index contributed by atoms with van der Waals surface area (Å²) < 4.78 is 1.15. The van der Waals surface area contributed by atoms with Crippen molar-refractivity contribution in [3.8, 4) is 5.69 Å². The molecule has 2 heterocycles. The Hall–Kier alpha value is -2.45. The van der Waals surface area contributed by atoms with Gasteiger partial charge in [-0.15, -0.1) is 0 Å². The van der Waals surface area contributed by atoms with Gasteiger partial charge >= 0.3 is 0 Å². The van der Waals surface area contributed by atoms with Crippen molar-refractivity contribution in [1.82, 2.24) is 14.7 Å². The average molecular weight is 392 g/mol. The van der Waals surface area contributed by atoms with Crippen molar-refractivity contribution in [2.45, 2.75) is 12.8 Å². The largest absolute Gasteiger partial charge is 0.372 e. The van der Waals surface area contributed by atoms with E-state index >= 15 is 0 Å². The van der Waals surface area contributed by atoms with Crippen LogP contribution in [0.25, 0.3) is 5.69 Å². The van der Waals surface area contributed by atoms with Gasteiger partial charge in [-0.3, -0.25) is 14.9 Å². The highest BCUT2D eigenvalue weighted by atomic mass is 35.5. The number of piperidine rings is 1. The number of non-ortho nitro benzene ring substituents is 1. The Bertz CT molecular complexity index is 876. The van der Waals surface area contributed by atoms with E-state index < -0.39 is 10.5 Å². The van der Waals surface area contributed by atoms with Crippen LogP contribution in [0.3, 0.4) is 0 Å². The first kappa shape index (κ1) is 19.3. The van der Waals surface area contributed by atoms with Crippen molar-refractivity contribution in [2.75, 3.05) is 38.6 Å². The van der Waals surface area contributed by atoms with Crippen LogP contribution in [-0.2, 0) is 0 Å². The van der Waals surface area contributed by atoms with Gasteiger partial charge in [-0.05, 0) is 51.0 Å². The zero-order valence-corrected chi connectivity index (χ0v) is 16.1. The van der Waals surface area contributed by atoms with Crippen molar-refractivity contribution in [2.24, 2.45) is 5.92 Å². The lowest BCUT2D eigenvalue weighted by Gasteiger charge is -2.32. The van der Waals surface area contributed by atoms with Gasteiger partial charge in [0.25, 0.3) is 11.2 Å². The van der Waals surface area contributed by atoms with Crippen LogP contribution in [0.15, 0.2) is 35.3 Å². The van der Waals surface area contributed by atoms with Gasteiger partial charge in [0.15, 0.2) is 0 Å². The number of likely N-dealkylation sites (tertiary alicyclic amines) is 1. The molecule has 0 aliphatic carbocycles. The van der Waals surface area contributed by atoms with Crippen LogP contribution in [0.4, 0.5) is 11.4 Å². The van der Waals surface area contributed by atoms with E-state index in [0.29, 0.717) is 17.3 Å². The van der Waals surface area contributed by atoms with E-state index in [-0.39, 0.29) is 10.7 Å². The molecule has 1 aromatic heterocycles. The van der Waals surface area contributed by atoms with Crippen molar-refractivity contribution in [1.29, 1.82) is 0 Å². The molecule has 9 heteroatoms. The molecule has 0 unspecified atom stereocenters. The van der Waals surface area contributed by atoms with Crippen LogP contribution in [0.2, 0.25) is 5.02 Å². The molecule has 2 aromatic rings. The topological polar surface area (TPSA) is 84.5 Å². The molecular formula is C18H22ClN5O3. The summed E-state index contributed by atoms with van der Waals surface area (Å²) in [5.41, 5.74) is 0.529. The predicted octanol–water partition coefficient (Wildman–Crippen LogP) is 2.57. The Balaban J connectivity index is 1.80. The lowest BCUT2D eigenvalue weighted by Crippen LogP contribution is -2.36. The van der Waals surface area contributed by atoms with Gasteiger partial charge in [0, 0.05) is 25.7 Å². The Morgan fingerprint density at radius 1 is 1.30 bits per heavy atom. The second-order valence-corrected chi connectivity index (χ2v) is 7.34. The van der Waals surface area contributed by atoms with Gasteiger partial charge in [0.2, 0.25) is 0 Å². The maximum Gasteiger partial charge on any atom is 0.292 e. The van der Waals surface area contributed by atoms with Crippen LogP contribution < -0.4 is 10.5 Å². The van der Waals surface area contributed by atoms with Crippen LogP contribution in [-0.4, -0.2) is 53.3 Å². The highest BCUT2D eigenvalue weighted by molar-refractivity contribution is 6.33. The highest BCUT2D eigenvalue weighted by Crippen LogP contribution is 2.24. The van der Waals surface area contributed by atoms with Gasteiger partial charge in [0.1, 0.15) is 5.02 Å². The van der Waals surface area contributed by atoms with E-state index in [9.17, 15) is 14.9 Å². The molecule has 0 amide bonds. The minimum absolute atomic E-state index is 0.0487. The standard InChI is InChI=1S/C18H22ClN5O3/c1-21-9-7-13(8-10-21)12-22(2)16-11-20-23(18(25)17(16)19)14-3-5-15(6-4-14)24(26)27/h3-6,11,13H,7-10,12H2,1-2H3. The zero-order valence-electron chi connectivity index (χ0n) is 15.3. The molecule has 1 fully saturated rings. The summed E-state index contributed by atoms with van der Waals surface area (Å²) in [6, 6.07) is 5.62. The van der Waals surface area contributed by atoms with E-state index in [1.807, 2.05) is 11.9 Å². The van der Waals surface area contributed by atoms with E-state index in [4.69, 9.17) is 11.6 Å². The Labute approximate surface area is 162 Å². The first-order chi connectivity index (χ1) is 12.9. The second kappa shape index (κ2) is 8.06. The van der Waals surface area contributed by atoms with E-state index in [0.717, 1.165) is 37.2 Å². The minimum Gasteiger partial charge on any atom is -0.372 e. The maximum atomic E-state index is 12.6. The summed E-state index contributed by atoms with van der Waals surface area (Å²) in [6.07, 6.45) is 3.80. The second-order valence-electron chi connectivity index (χ2n) is 6.96. The predicted molar refractivity (Wildman–Crippen MR) is 105 cm³/mol. The number of halogens is 1. The summed E-state index contributed by atoms with van der Waals surface area (Å²) in [5.74, 6) is 0.555. The molecule has 1 saturated heterocycles. The van der Waals surface area contributed by atoms with Gasteiger partial charge < -0.3 is 9.80 Å². The molecule has 3 rings (SSSR count). The zero-order chi connectivity index (χ0) is 19.6. The summed E-state index contributed by atoms with van der Waals surface area (Å²) >= 11 is 6.33. The summed E-state index contributed by atoms with van der Waals surface area (Å²) in [7, 11) is 4.04.